The van der Waals surface area contributed by atoms with E-state index >= 15 is 0 Å². The number of aromatic nitrogens is 2. The number of carbonyl (C=O) groups is 2. The first kappa shape index (κ1) is 31.9. The molecular formula is C31H48N4O5. The number of hydrogen-bond acceptors (Lipinski definition) is 9. The highest BCUT2D eigenvalue weighted by molar-refractivity contribution is 6.04. The van der Waals surface area contributed by atoms with Crippen LogP contribution in [0.3, 0.4) is 0 Å². The molecule has 9 nitrogen and oxygen atoms in total. The fraction of sp³-hybridized carbons (Fsp3) is 0.677. The van der Waals surface area contributed by atoms with E-state index in [9.17, 15) is 14.7 Å². The Morgan fingerprint density at radius 1 is 1.23 bits per heavy atom. The van der Waals surface area contributed by atoms with E-state index in [0.29, 0.717) is 6.42 Å². The average molecular weight is 557 g/mol. The highest BCUT2D eigenvalue weighted by atomic mass is 16.5. The monoisotopic (exact) mass is 556 g/mol. The number of fused-ring (bicyclic) bond motifs is 1. The molecule has 1 aromatic carbocycles. The van der Waals surface area contributed by atoms with Crippen molar-refractivity contribution in [1.29, 1.82) is 0 Å². The molecule has 1 aliphatic rings. The minimum atomic E-state index is -1.38. The van der Waals surface area contributed by atoms with Gasteiger partial charge in [-0.1, -0.05) is 20.8 Å². The van der Waals surface area contributed by atoms with Crippen molar-refractivity contribution in [3.05, 3.63) is 30.7 Å². The fourth-order valence-electron chi connectivity index (χ4n) is 5.92. The van der Waals surface area contributed by atoms with Crippen molar-refractivity contribution in [3.63, 3.8) is 0 Å². The van der Waals surface area contributed by atoms with E-state index in [4.69, 9.17) is 9.47 Å². The standard InChI is InChI=1S/C31H48N4O5/c1-8-14-35-18-21(2)16-31(6,39-7)28(37)22(3)27(36)30(4,5)29(38)40-19-25(35)10-9-13-33-24-11-12-26-23(15-24)17-32-20-34-26/h11-12,15,17,20-22,25,28,33,37H,8-10,13-14,16,18-19H2,1-7H3/t21-,22+,25-,28-,31-/m1/s1. The van der Waals surface area contributed by atoms with Gasteiger partial charge in [0.2, 0.25) is 0 Å². The van der Waals surface area contributed by atoms with Gasteiger partial charge in [-0.3, -0.25) is 14.5 Å². The maximum atomic E-state index is 13.4. The minimum Gasteiger partial charge on any atom is -0.463 e. The zero-order valence-corrected chi connectivity index (χ0v) is 25.3. The number of rotatable bonds is 8. The predicted octanol–water partition coefficient (Wildman–Crippen LogP) is 4.48. The smallest absolute Gasteiger partial charge is 0.319 e. The number of carbonyl (C=O) groups excluding carboxylic acids is 2. The number of Topliss-reactive ketones (excluding diaryl/α,β-unsaturated/α-hetero) is 1. The lowest BCUT2D eigenvalue weighted by Crippen LogP contribution is -2.51. The van der Waals surface area contributed by atoms with Gasteiger partial charge in [-0.05, 0) is 77.1 Å². The van der Waals surface area contributed by atoms with Crippen LogP contribution in [0.5, 0.6) is 0 Å². The van der Waals surface area contributed by atoms with Crippen molar-refractivity contribution >= 4 is 28.3 Å². The number of nitrogens with zero attached hydrogens (tertiary/aromatic N) is 3. The van der Waals surface area contributed by atoms with E-state index in [1.165, 1.54) is 0 Å². The summed E-state index contributed by atoms with van der Waals surface area (Å²) in [6, 6.07) is 6.04. The van der Waals surface area contributed by atoms with Crippen LogP contribution in [0.15, 0.2) is 30.7 Å². The summed E-state index contributed by atoms with van der Waals surface area (Å²) in [5, 5.41) is 15.7. The van der Waals surface area contributed by atoms with Crippen LogP contribution in [0, 0.1) is 17.3 Å². The maximum absolute atomic E-state index is 13.4. The number of ketones is 1. The van der Waals surface area contributed by atoms with Crippen molar-refractivity contribution in [1.82, 2.24) is 14.9 Å². The number of hydrogen-bond donors (Lipinski definition) is 2. The molecule has 1 aromatic heterocycles. The first-order valence-corrected chi connectivity index (χ1v) is 14.5. The fourth-order valence-corrected chi connectivity index (χ4v) is 5.92. The van der Waals surface area contributed by atoms with Gasteiger partial charge in [0, 0.05) is 49.4 Å². The summed E-state index contributed by atoms with van der Waals surface area (Å²) in [4.78, 5) is 37.4. The molecule has 0 spiro atoms. The Labute approximate surface area is 239 Å². The van der Waals surface area contributed by atoms with Gasteiger partial charge in [-0.15, -0.1) is 0 Å². The van der Waals surface area contributed by atoms with Crippen molar-refractivity contribution < 1.29 is 24.2 Å². The van der Waals surface area contributed by atoms with E-state index in [1.54, 1.807) is 40.4 Å². The number of anilines is 1. The van der Waals surface area contributed by atoms with Gasteiger partial charge in [-0.25, -0.2) is 9.97 Å². The van der Waals surface area contributed by atoms with Gasteiger partial charge in [0.05, 0.1) is 17.2 Å². The van der Waals surface area contributed by atoms with Gasteiger partial charge in [0.1, 0.15) is 18.3 Å². The number of aliphatic hydroxyl groups excluding tert-OH is 1. The van der Waals surface area contributed by atoms with E-state index in [-0.39, 0.29) is 24.3 Å². The van der Waals surface area contributed by atoms with Crippen LogP contribution in [0.25, 0.3) is 10.9 Å². The van der Waals surface area contributed by atoms with Crippen LogP contribution in [-0.4, -0.2) is 82.8 Å². The number of nitrogens with one attached hydrogen (secondary N) is 1. The largest absolute Gasteiger partial charge is 0.463 e. The summed E-state index contributed by atoms with van der Waals surface area (Å²) in [7, 11) is 1.58. The van der Waals surface area contributed by atoms with Gasteiger partial charge < -0.3 is 19.9 Å². The lowest BCUT2D eigenvalue weighted by atomic mass is 9.74. The number of cyclic esters (lactones) is 1. The molecular weight excluding hydrogens is 508 g/mol. The Kier molecular flexibility index (Phi) is 11.0. The molecule has 0 bridgehead atoms. The number of methoxy groups -OCH3 is 1. The number of esters is 1. The summed E-state index contributed by atoms with van der Waals surface area (Å²) in [5.74, 6) is -1.50. The summed E-state index contributed by atoms with van der Waals surface area (Å²) >= 11 is 0. The van der Waals surface area contributed by atoms with Crippen LogP contribution in [0.4, 0.5) is 5.69 Å². The first-order valence-electron chi connectivity index (χ1n) is 14.5. The lowest BCUT2D eigenvalue weighted by molar-refractivity contribution is -0.165. The summed E-state index contributed by atoms with van der Waals surface area (Å²) in [5.41, 5.74) is -0.390. The summed E-state index contributed by atoms with van der Waals surface area (Å²) < 4.78 is 11.7. The van der Waals surface area contributed by atoms with Crippen molar-refractivity contribution in [2.24, 2.45) is 17.3 Å². The van der Waals surface area contributed by atoms with Crippen LogP contribution in [-0.2, 0) is 19.1 Å². The average Bonchev–Trinajstić information content (AvgIpc) is 2.94. The van der Waals surface area contributed by atoms with Gasteiger partial charge in [0.25, 0.3) is 0 Å². The SMILES string of the molecule is CCCN1C[C@H](C)C[C@@](C)(OC)[C@H](O)[C@@H](C)C(=O)C(C)(C)C(=O)OC[C@H]1CCCNc1ccc2ncncc2c1. The zero-order chi connectivity index (χ0) is 29.5. The van der Waals surface area contributed by atoms with Crippen molar-refractivity contribution in [2.75, 3.05) is 38.7 Å². The maximum Gasteiger partial charge on any atom is 0.319 e. The third-order valence-electron chi connectivity index (χ3n) is 8.39. The van der Waals surface area contributed by atoms with Gasteiger partial charge >= 0.3 is 5.97 Å². The van der Waals surface area contributed by atoms with Crippen LogP contribution in [0.1, 0.15) is 67.2 Å². The molecule has 3 rings (SSSR count). The van der Waals surface area contributed by atoms with Crippen LogP contribution in [0.2, 0.25) is 0 Å². The molecule has 2 N–H and O–H groups in total. The van der Waals surface area contributed by atoms with Crippen molar-refractivity contribution in [3.8, 4) is 0 Å². The number of benzene rings is 1. The third-order valence-corrected chi connectivity index (χ3v) is 8.39. The zero-order valence-electron chi connectivity index (χ0n) is 25.3. The van der Waals surface area contributed by atoms with E-state index in [1.807, 2.05) is 25.1 Å². The second-order valence-electron chi connectivity index (χ2n) is 12.2. The minimum absolute atomic E-state index is 0.000886. The lowest BCUT2D eigenvalue weighted by Gasteiger charge is -2.40. The Morgan fingerprint density at radius 3 is 2.67 bits per heavy atom. The van der Waals surface area contributed by atoms with Crippen LogP contribution < -0.4 is 5.32 Å². The van der Waals surface area contributed by atoms with E-state index in [2.05, 4.69) is 34.0 Å². The summed E-state index contributed by atoms with van der Waals surface area (Å²) in [6.45, 7) is 13.6. The molecule has 40 heavy (non-hydrogen) atoms. The Bertz CT molecular complexity index is 1140. The normalized spacial score (nSPS) is 28.8. The Hall–Kier alpha value is -2.62. The number of ether oxygens (including phenoxy) is 2. The molecule has 0 aliphatic carbocycles. The summed E-state index contributed by atoms with van der Waals surface area (Å²) in [6.07, 6.45) is 5.53. The van der Waals surface area contributed by atoms with Crippen molar-refractivity contribution in [2.45, 2.75) is 85.0 Å². The second kappa shape index (κ2) is 13.8. The predicted molar refractivity (Wildman–Crippen MR) is 157 cm³/mol. The second-order valence-corrected chi connectivity index (χ2v) is 12.2. The molecule has 1 aliphatic heterocycles. The van der Waals surface area contributed by atoms with Gasteiger partial charge in [-0.2, -0.15) is 0 Å². The third kappa shape index (κ3) is 7.56. The van der Waals surface area contributed by atoms with E-state index < -0.39 is 29.0 Å². The highest BCUT2D eigenvalue weighted by Gasteiger charge is 2.47. The molecule has 5 atom stereocenters. The molecule has 0 amide bonds. The molecule has 2 aromatic rings. The first-order chi connectivity index (χ1) is 18.9. The van der Waals surface area contributed by atoms with Crippen LogP contribution >= 0.6 is 0 Å². The van der Waals surface area contributed by atoms with E-state index in [0.717, 1.165) is 55.5 Å². The Balaban J connectivity index is 1.78. The topological polar surface area (TPSA) is 114 Å². The molecule has 0 radical (unpaired) electrons. The molecule has 1 fully saturated rings. The molecule has 0 unspecified atom stereocenters. The quantitative estimate of drug-likeness (QED) is 0.276. The highest BCUT2D eigenvalue weighted by Crippen LogP contribution is 2.34. The molecule has 2 heterocycles. The molecule has 0 saturated carbocycles. The van der Waals surface area contributed by atoms with Gasteiger partial charge in [0.15, 0.2) is 5.78 Å². The molecule has 1 saturated heterocycles. The Morgan fingerprint density at radius 2 is 1.98 bits per heavy atom. The number of aliphatic hydroxyl groups is 1. The molecule has 9 heteroatoms. The molecule has 222 valence electrons.